The molecule has 154 valence electrons. The highest BCUT2D eigenvalue weighted by Crippen LogP contribution is 2.74. The molecule has 2 aliphatic carbocycles. The first kappa shape index (κ1) is 20.0. The lowest BCUT2D eigenvalue weighted by atomic mass is 9.45. The summed E-state index contributed by atoms with van der Waals surface area (Å²) < 4.78 is 17.9. The number of halogens is 1. The Balaban J connectivity index is 1.95. The zero-order valence-corrected chi connectivity index (χ0v) is 17.6. The summed E-state index contributed by atoms with van der Waals surface area (Å²) >= 11 is 5.77. The van der Waals surface area contributed by atoms with Crippen molar-refractivity contribution in [3.8, 4) is 0 Å². The topological polar surface area (TPSA) is 61.8 Å². The van der Waals surface area contributed by atoms with Crippen LogP contribution >= 0.6 is 11.6 Å². The predicted octanol–water partition coefficient (Wildman–Crippen LogP) is 4.00. The van der Waals surface area contributed by atoms with E-state index in [1.54, 1.807) is 6.08 Å². The minimum absolute atomic E-state index is 0.0328. The molecule has 2 heterocycles. The average molecular weight is 409 g/mol. The minimum atomic E-state index is -1.12. The summed E-state index contributed by atoms with van der Waals surface area (Å²) in [5, 5.41) is 0. The molecule has 0 radical (unpaired) electrons. The molecular weight excluding hydrogens is 380 g/mol. The standard InChI is InChI=1S/C22H29ClO5/c1-6-12(2)15-9-16(26-17(24)11-23)20(5)13(3)7-8-21(14(15)4)10-18-27-19(25)22(20,21)28-18/h6,13-16,18H,1-2,7-11H2,3-5H3/t13-,14+,15+,16-,18?,20+,21+,22-/m1/s1. The van der Waals surface area contributed by atoms with Gasteiger partial charge in [0.1, 0.15) is 12.0 Å². The van der Waals surface area contributed by atoms with Crippen LogP contribution in [0.4, 0.5) is 0 Å². The van der Waals surface area contributed by atoms with Gasteiger partial charge in [0.2, 0.25) is 6.29 Å². The van der Waals surface area contributed by atoms with E-state index in [1.807, 2.05) is 6.92 Å². The van der Waals surface area contributed by atoms with E-state index in [2.05, 4.69) is 27.0 Å². The molecule has 0 aromatic carbocycles. The Bertz CT molecular complexity index is 749. The quantitative estimate of drug-likeness (QED) is 0.399. The molecule has 28 heavy (non-hydrogen) atoms. The monoisotopic (exact) mass is 408 g/mol. The van der Waals surface area contributed by atoms with E-state index in [9.17, 15) is 9.59 Å². The van der Waals surface area contributed by atoms with Gasteiger partial charge in [-0.3, -0.25) is 4.79 Å². The molecule has 1 spiro atoms. The van der Waals surface area contributed by atoms with E-state index in [4.69, 9.17) is 25.8 Å². The molecule has 1 unspecified atom stereocenters. The van der Waals surface area contributed by atoms with Gasteiger partial charge in [-0.2, -0.15) is 0 Å². The second kappa shape index (κ2) is 6.33. The third-order valence-electron chi connectivity index (χ3n) is 8.61. The normalized spacial score (nSPS) is 49.0. The van der Waals surface area contributed by atoms with Crippen molar-refractivity contribution in [3.63, 3.8) is 0 Å². The van der Waals surface area contributed by atoms with Crippen molar-refractivity contribution in [2.75, 3.05) is 5.88 Å². The molecule has 2 aliphatic heterocycles. The molecule has 4 rings (SSSR count). The second-order valence-electron chi connectivity index (χ2n) is 9.24. The fourth-order valence-corrected chi connectivity index (χ4v) is 6.99. The van der Waals surface area contributed by atoms with Crippen molar-refractivity contribution in [3.05, 3.63) is 24.8 Å². The third-order valence-corrected chi connectivity index (χ3v) is 8.82. The highest BCUT2D eigenvalue weighted by Gasteiger charge is 2.83. The second-order valence-corrected chi connectivity index (χ2v) is 9.51. The number of fused-ring (bicyclic) bond motifs is 1. The van der Waals surface area contributed by atoms with E-state index in [1.165, 1.54) is 0 Å². The number of rotatable bonds is 4. The summed E-state index contributed by atoms with van der Waals surface area (Å²) in [5.74, 6) is -0.753. The maximum atomic E-state index is 13.3. The van der Waals surface area contributed by atoms with E-state index in [0.29, 0.717) is 12.8 Å². The number of carbonyl (C=O) groups is 2. The molecule has 2 saturated carbocycles. The van der Waals surface area contributed by atoms with Crippen LogP contribution in [-0.2, 0) is 23.8 Å². The molecule has 0 amide bonds. The number of alkyl halides is 1. The van der Waals surface area contributed by atoms with Crippen LogP contribution in [0.1, 0.15) is 46.5 Å². The first-order valence-corrected chi connectivity index (χ1v) is 10.7. The number of hydrogen-bond donors (Lipinski definition) is 0. The van der Waals surface area contributed by atoms with Gasteiger partial charge in [-0.05, 0) is 37.0 Å². The number of allylic oxidation sites excluding steroid dienone is 2. The zero-order valence-electron chi connectivity index (χ0n) is 16.8. The molecule has 8 atom stereocenters. The van der Waals surface area contributed by atoms with Crippen LogP contribution < -0.4 is 0 Å². The van der Waals surface area contributed by atoms with Gasteiger partial charge in [-0.1, -0.05) is 45.6 Å². The fraction of sp³-hybridized carbons (Fsp3) is 0.727. The Morgan fingerprint density at radius 3 is 2.75 bits per heavy atom. The summed E-state index contributed by atoms with van der Waals surface area (Å²) in [4.78, 5) is 25.6. The highest BCUT2D eigenvalue weighted by molar-refractivity contribution is 6.26. The van der Waals surface area contributed by atoms with Gasteiger partial charge in [0.05, 0.1) is 0 Å². The summed E-state index contributed by atoms with van der Waals surface area (Å²) in [5.41, 5.74) is -1.29. The van der Waals surface area contributed by atoms with Crippen LogP contribution in [0.3, 0.4) is 0 Å². The van der Waals surface area contributed by atoms with Crippen molar-refractivity contribution in [1.82, 2.24) is 0 Å². The molecule has 4 aliphatic rings. The van der Waals surface area contributed by atoms with E-state index >= 15 is 0 Å². The zero-order chi connectivity index (χ0) is 20.5. The van der Waals surface area contributed by atoms with Crippen molar-refractivity contribution in [1.29, 1.82) is 0 Å². The van der Waals surface area contributed by atoms with Crippen LogP contribution in [0.25, 0.3) is 0 Å². The molecule has 2 saturated heterocycles. The SMILES string of the molecule is C=CC(=C)[C@@H]1C[C@@H](OC(=O)CCl)[C@]2(C)[C@H](C)CC[C@]3(CC4OC(=O)[C@]32O4)[C@H]1C. The minimum Gasteiger partial charge on any atom is -0.461 e. The molecule has 0 N–H and O–H groups in total. The number of esters is 2. The number of ether oxygens (including phenoxy) is 3. The largest absolute Gasteiger partial charge is 0.461 e. The van der Waals surface area contributed by atoms with Gasteiger partial charge >= 0.3 is 11.9 Å². The summed E-state index contributed by atoms with van der Waals surface area (Å²) in [6.07, 6.45) is 3.80. The van der Waals surface area contributed by atoms with Gasteiger partial charge in [0.25, 0.3) is 0 Å². The van der Waals surface area contributed by atoms with Crippen molar-refractivity contribution < 1.29 is 23.8 Å². The van der Waals surface area contributed by atoms with Crippen LogP contribution in [-0.4, -0.2) is 35.8 Å². The van der Waals surface area contributed by atoms with Crippen molar-refractivity contribution in [2.45, 2.75) is 64.4 Å². The molecular formula is C22H29ClO5. The van der Waals surface area contributed by atoms with E-state index in [0.717, 1.165) is 18.4 Å². The fourth-order valence-electron chi connectivity index (χ4n) is 6.93. The Labute approximate surface area is 171 Å². The summed E-state index contributed by atoms with van der Waals surface area (Å²) in [7, 11) is 0. The Morgan fingerprint density at radius 2 is 2.14 bits per heavy atom. The van der Waals surface area contributed by atoms with Crippen LogP contribution in [0.2, 0.25) is 0 Å². The van der Waals surface area contributed by atoms with E-state index in [-0.39, 0.29) is 35.0 Å². The average Bonchev–Trinajstić information content (AvgIpc) is 3.18. The van der Waals surface area contributed by atoms with Gasteiger partial charge in [-0.15, -0.1) is 11.6 Å². The molecule has 6 heteroatoms. The molecule has 5 nitrogen and oxygen atoms in total. The van der Waals surface area contributed by atoms with Crippen LogP contribution in [0.5, 0.6) is 0 Å². The summed E-state index contributed by atoms with van der Waals surface area (Å²) in [6.45, 7) is 14.5. The maximum absolute atomic E-state index is 13.3. The molecule has 0 aromatic heterocycles. The van der Waals surface area contributed by atoms with Gasteiger partial charge in [-0.25, -0.2) is 4.79 Å². The Morgan fingerprint density at radius 1 is 1.43 bits per heavy atom. The van der Waals surface area contributed by atoms with Gasteiger partial charge < -0.3 is 14.2 Å². The lowest BCUT2D eigenvalue weighted by molar-refractivity contribution is -0.226. The summed E-state index contributed by atoms with van der Waals surface area (Å²) in [6, 6.07) is 0. The molecule has 4 bridgehead atoms. The first-order chi connectivity index (χ1) is 13.2. The maximum Gasteiger partial charge on any atom is 0.342 e. The van der Waals surface area contributed by atoms with E-state index < -0.39 is 29.4 Å². The Kier molecular flexibility index (Phi) is 4.51. The van der Waals surface area contributed by atoms with Gasteiger partial charge in [0.15, 0.2) is 5.60 Å². The lowest BCUT2D eigenvalue weighted by Crippen LogP contribution is -2.70. The molecule has 4 fully saturated rings. The van der Waals surface area contributed by atoms with Crippen LogP contribution in [0.15, 0.2) is 24.8 Å². The first-order valence-electron chi connectivity index (χ1n) is 10.1. The lowest BCUT2D eigenvalue weighted by Gasteiger charge is -2.60. The number of hydrogen-bond acceptors (Lipinski definition) is 5. The molecule has 0 aromatic rings. The number of carbonyl (C=O) groups excluding carboxylic acids is 2. The third kappa shape index (κ3) is 2.12. The van der Waals surface area contributed by atoms with Gasteiger partial charge in [0, 0.05) is 17.3 Å². The highest BCUT2D eigenvalue weighted by atomic mass is 35.5. The van der Waals surface area contributed by atoms with Crippen molar-refractivity contribution >= 4 is 23.5 Å². The van der Waals surface area contributed by atoms with Crippen molar-refractivity contribution in [2.24, 2.45) is 28.6 Å². The smallest absolute Gasteiger partial charge is 0.342 e. The predicted molar refractivity (Wildman–Crippen MR) is 104 cm³/mol. The Hall–Kier alpha value is -1.33. The van der Waals surface area contributed by atoms with Crippen LogP contribution in [0, 0.1) is 28.6 Å².